The van der Waals surface area contributed by atoms with Gasteiger partial charge in [-0.2, -0.15) is 0 Å². The van der Waals surface area contributed by atoms with Crippen LogP contribution in [0.2, 0.25) is 0 Å². The molecule has 0 saturated carbocycles. The molecule has 3 rings (SSSR count). The number of carbonyl (C=O) groups excluding carboxylic acids is 1. The molecule has 2 aromatic carbocycles. The summed E-state index contributed by atoms with van der Waals surface area (Å²) in [5.74, 6) is 0.329. The van der Waals surface area contributed by atoms with Crippen LogP contribution in [-0.2, 0) is 22.5 Å². The van der Waals surface area contributed by atoms with Crippen LogP contribution in [0.5, 0.6) is 0 Å². The number of ether oxygens (including phenoxy) is 1. The Hall–Kier alpha value is -3.38. The number of aliphatic imine (C=N–C) groups is 1. The van der Waals surface area contributed by atoms with Crippen LogP contribution < -0.4 is 5.73 Å². The van der Waals surface area contributed by atoms with Gasteiger partial charge < -0.3 is 15.0 Å². The third-order valence-electron chi connectivity index (χ3n) is 5.16. The Labute approximate surface area is 234 Å². The molecule has 1 heterocycles. The van der Waals surface area contributed by atoms with E-state index in [9.17, 15) is 4.79 Å². The molecule has 0 bridgehead atoms. The van der Waals surface area contributed by atoms with Crippen molar-refractivity contribution < 1.29 is 9.53 Å². The van der Waals surface area contributed by atoms with Gasteiger partial charge in [-0.1, -0.05) is 100 Å². The Bertz CT molecular complexity index is 1160. The zero-order chi connectivity index (χ0) is 27.8. The van der Waals surface area contributed by atoms with Crippen LogP contribution in [0, 0.1) is 6.92 Å². The molecule has 0 unspecified atom stereocenters. The molecule has 0 atom stereocenters. The van der Waals surface area contributed by atoms with Gasteiger partial charge >= 0.3 is 5.97 Å². The number of unbranched alkanes of at least 4 members (excludes halogenated alkanes) is 1. The largest absolute Gasteiger partial charge is 0.466 e. The summed E-state index contributed by atoms with van der Waals surface area (Å²) in [6.45, 7) is 16.2. The van der Waals surface area contributed by atoms with Crippen molar-refractivity contribution in [1.29, 1.82) is 0 Å². The van der Waals surface area contributed by atoms with Gasteiger partial charge in [0.15, 0.2) is 5.82 Å². The van der Waals surface area contributed by atoms with Gasteiger partial charge in [0.05, 0.1) is 18.6 Å². The molecule has 0 aliphatic rings. The van der Waals surface area contributed by atoms with Crippen LogP contribution in [-0.4, -0.2) is 27.3 Å². The van der Waals surface area contributed by atoms with Crippen LogP contribution in [0.4, 0.5) is 5.82 Å². The highest BCUT2D eigenvalue weighted by molar-refractivity contribution is 6.65. The van der Waals surface area contributed by atoms with Gasteiger partial charge in [0.1, 0.15) is 10.9 Å². The fraction of sp³-hybridized carbons (Fsp3) is 0.387. The predicted octanol–water partition coefficient (Wildman–Crippen LogP) is 8.33. The number of imidazole rings is 1. The molecule has 38 heavy (non-hydrogen) atoms. The molecule has 0 aliphatic carbocycles. The number of esters is 1. The third kappa shape index (κ3) is 12.2. The number of benzene rings is 2. The second kappa shape index (κ2) is 18.8. The minimum Gasteiger partial charge on any atom is -0.466 e. The number of nitrogens with two attached hydrogens (primary N) is 1. The molecule has 0 radical (unpaired) electrons. The highest BCUT2D eigenvalue weighted by Crippen LogP contribution is 2.24. The summed E-state index contributed by atoms with van der Waals surface area (Å²) in [6, 6.07) is 17.4. The van der Waals surface area contributed by atoms with Crippen molar-refractivity contribution in [3.8, 4) is 11.1 Å². The van der Waals surface area contributed by atoms with Crippen molar-refractivity contribution in [3.63, 3.8) is 0 Å². The summed E-state index contributed by atoms with van der Waals surface area (Å²) < 4.78 is 6.73. The highest BCUT2D eigenvalue weighted by Gasteiger charge is 2.11. The lowest BCUT2D eigenvalue weighted by Crippen LogP contribution is -2.03. The zero-order valence-corrected chi connectivity index (χ0v) is 23.8. The zero-order valence-electron chi connectivity index (χ0n) is 23.1. The fourth-order valence-corrected chi connectivity index (χ4v) is 3.50. The molecule has 0 aliphatic heterocycles. The number of nitrogens with zero attached hydrogens (tertiary/aromatic N) is 3. The van der Waals surface area contributed by atoms with Gasteiger partial charge in [-0.25, -0.2) is 9.98 Å². The Morgan fingerprint density at radius 2 is 1.74 bits per heavy atom. The van der Waals surface area contributed by atoms with E-state index in [4.69, 9.17) is 22.1 Å². The number of halogens is 1. The van der Waals surface area contributed by atoms with Gasteiger partial charge in [-0.05, 0) is 49.8 Å². The quantitative estimate of drug-likeness (QED) is 0.168. The van der Waals surface area contributed by atoms with Gasteiger partial charge in [0.25, 0.3) is 0 Å². The third-order valence-corrected chi connectivity index (χ3v) is 5.24. The lowest BCUT2D eigenvalue weighted by Gasteiger charge is -2.06. The molecular weight excluding hydrogens is 496 g/mol. The van der Waals surface area contributed by atoms with Crippen molar-refractivity contribution in [1.82, 2.24) is 9.55 Å². The standard InChI is InChI=1S/C15H16.C13H19ClN4O2.C2H6.CH4/c1-3-13-7-5-9-15(11-13)14-8-4-6-12(2)10-14;1-9(15)12-13(17-10(2)14)18(8-16-12)6-4-5-7-20-11(3)19;1-2;/h4-11H,3H2,1-2H3;8H,1,4-7,15H2,2-3H3;1-2H3;1H4/b;17-10+;;. The lowest BCUT2D eigenvalue weighted by atomic mass is 10.0. The number of rotatable bonds is 9. The second-order valence-electron chi connectivity index (χ2n) is 8.21. The van der Waals surface area contributed by atoms with Gasteiger partial charge in [0, 0.05) is 13.5 Å². The molecular formula is C31H45ClN4O2. The first-order chi connectivity index (χ1) is 17.7. The fourth-order valence-electron chi connectivity index (χ4n) is 3.42. The molecule has 0 spiro atoms. The van der Waals surface area contributed by atoms with E-state index in [-0.39, 0.29) is 13.4 Å². The number of hydrogen-bond donors (Lipinski definition) is 1. The topological polar surface area (TPSA) is 82.5 Å². The van der Waals surface area contributed by atoms with Crippen LogP contribution in [0.25, 0.3) is 16.8 Å². The minimum absolute atomic E-state index is 0. The molecule has 0 amide bonds. The molecule has 2 N–H and O–H groups in total. The SMILES string of the molecule is C.C=C(N)c1ncn(CCCCOC(C)=O)c1/N=C(\C)Cl.CC.CCc1cccc(-c2cccc(C)c2)c1. The maximum atomic E-state index is 10.6. The van der Waals surface area contributed by atoms with E-state index in [2.05, 4.69) is 78.9 Å². The number of aryl methyl sites for hydroxylation is 3. The normalized spacial score (nSPS) is 10.2. The van der Waals surface area contributed by atoms with Crippen molar-refractivity contribution in [2.24, 2.45) is 10.7 Å². The van der Waals surface area contributed by atoms with E-state index < -0.39 is 0 Å². The number of hydrogen-bond acceptors (Lipinski definition) is 5. The number of aromatic nitrogens is 2. The van der Waals surface area contributed by atoms with Gasteiger partial charge in [0.2, 0.25) is 0 Å². The molecule has 208 valence electrons. The smallest absolute Gasteiger partial charge is 0.302 e. The average Bonchev–Trinajstić information content (AvgIpc) is 3.27. The summed E-state index contributed by atoms with van der Waals surface area (Å²) >= 11 is 5.82. The van der Waals surface area contributed by atoms with Crippen molar-refractivity contribution in [2.45, 2.75) is 74.8 Å². The Morgan fingerprint density at radius 1 is 1.11 bits per heavy atom. The van der Waals surface area contributed by atoms with Crippen LogP contribution >= 0.6 is 11.6 Å². The Balaban J connectivity index is 0.000000679. The first kappa shape index (κ1) is 34.6. The van der Waals surface area contributed by atoms with E-state index >= 15 is 0 Å². The Kier molecular flexibility index (Phi) is 17.1. The second-order valence-corrected chi connectivity index (χ2v) is 8.76. The minimum atomic E-state index is -0.266. The molecule has 0 saturated heterocycles. The van der Waals surface area contributed by atoms with Crippen LogP contribution in [0.15, 0.2) is 66.4 Å². The predicted molar refractivity (Wildman–Crippen MR) is 164 cm³/mol. The molecule has 6 nitrogen and oxygen atoms in total. The first-order valence-electron chi connectivity index (χ1n) is 12.7. The molecule has 0 fully saturated rings. The van der Waals surface area contributed by atoms with Crippen molar-refractivity contribution >= 4 is 34.3 Å². The first-order valence-corrected chi connectivity index (χ1v) is 13.1. The average molecular weight is 541 g/mol. The van der Waals surface area contributed by atoms with Gasteiger partial charge in [-0.3, -0.25) is 4.79 Å². The van der Waals surface area contributed by atoms with Gasteiger partial charge in [-0.15, -0.1) is 0 Å². The summed E-state index contributed by atoms with van der Waals surface area (Å²) in [4.78, 5) is 19.0. The molecule has 1 aromatic heterocycles. The van der Waals surface area contributed by atoms with E-state index in [1.165, 1.54) is 29.2 Å². The Morgan fingerprint density at radius 3 is 2.29 bits per heavy atom. The van der Waals surface area contributed by atoms with Crippen LogP contribution in [0.3, 0.4) is 0 Å². The van der Waals surface area contributed by atoms with Crippen LogP contribution in [0.1, 0.15) is 71.7 Å². The van der Waals surface area contributed by atoms with E-state index in [0.717, 1.165) is 19.3 Å². The highest BCUT2D eigenvalue weighted by atomic mass is 35.5. The van der Waals surface area contributed by atoms with Crippen molar-refractivity contribution in [2.75, 3.05) is 6.61 Å². The molecule has 7 heteroatoms. The summed E-state index contributed by atoms with van der Waals surface area (Å²) in [5.41, 5.74) is 11.9. The maximum absolute atomic E-state index is 10.6. The lowest BCUT2D eigenvalue weighted by molar-refractivity contribution is -0.141. The molecule has 3 aromatic rings. The maximum Gasteiger partial charge on any atom is 0.302 e. The summed E-state index contributed by atoms with van der Waals surface area (Å²) in [5, 5.41) is 0.397. The summed E-state index contributed by atoms with van der Waals surface area (Å²) in [6.07, 6.45) is 4.33. The van der Waals surface area contributed by atoms with E-state index in [1.54, 1.807) is 13.3 Å². The van der Waals surface area contributed by atoms with E-state index in [0.29, 0.717) is 35.5 Å². The monoisotopic (exact) mass is 540 g/mol. The summed E-state index contributed by atoms with van der Waals surface area (Å²) in [7, 11) is 0. The number of carbonyl (C=O) groups is 1. The van der Waals surface area contributed by atoms with E-state index in [1.807, 2.05) is 18.4 Å². The van der Waals surface area contributed by atoms with Crippen molar-refractivity contribution in [3.05, 3.63) is 78.3 Å².